The molecule has 1 aromatic heterocycles. The number of amides is 1. The molecule has 0 saturated carbocycles. The van der Waals surface area contributed by atoms with Gasteiger partial charge in [-0.05, 0) is 36.8 Å². The molecule has 0 spiro atoms. The maximum atomic E-state index is 12.6. The van der Waals surface area contributed by atoms with E-state index in [9.17, 15) is 20.1 Å². The van der Waals surface area contributed by atoms with Gasteiger partial charge in [-0.3, -0.25) is 9.78 Å². The van der Waals surface area contributed by atoms with Gasteiger partial charge in [-0.1, -0.05) is 13.0 Å². The summed E-state index contributed by atoms with van der Waals surface area (Å²) in [6.45, 7) is 5.24. The van der Waals surface area contributed by atoms with E-state index in [1.807, 2.05) is 37.3 Å². The van der Waals surface area contributed by atoms with Crippen molar-refractivity contribution in [3.63, 3.8) is 0 Å². The van der Waals surface area contributed by atoms with E-state index >= 15 is 0 Å². The summed E-state index contributed by atoms with van der Waals surface area (Å²) >= 11 is 0. The zero-order valence-electron chi connectivity index (χ0n) is 20.5. The lowest BCUT2D eigenvalue weighted by atomic mass is 9.72. The Hall–Kier alpha value is -2.88. The molecule has 5 atom stereocenters. The molecule has 190 valence electrons. The normalized spacial score (nSPS) is 26.0. The number of hydrogen-bond acceptors (Lipinski definition) is 8. The molecule has 0 bridgehead atoms. The van der Waals surface area contributed by atoms with Crippen LogP contribution in [0.1, 0.15) is 31.7 Å². The average molecular weight is 486 g/mol. The number of benzene rings is 1. The Labute approximate surface area is 205 Å². The third kappa shape index (κ3) is 5.07. The van der Waals surface area contributed by atoms with E-state index < -0.39 is 30.1 Å². The first kappa shape index (κ1) is 25.2. The maximum absolute atomic E-state index is 12.6. The van der Waals surface area contributed by atoms with Crippen LogP contribution < -0.4 is 14.4 Å². The number of anilines is 1. The highest BCUT2D eigenvalue weighted by Crippen LogP contribution is 2.47. The second-order valence-corrected chi connectivity index (χ2v) is 9.74. The lowest BCUT2D eigenvalue weighted by Crippen LogP contribution is -2.42. The molecule has 2 saturated heterocycles. The van der Waals surface area contributed by atoms with Gasteiger partial charge in [0, 0.05) is 55.5 Å². The van der Waals surface area contributed by atoms with Crippen molar-refractivity contribution < 1.29 is 29.6 Å². The van der Waals surface area contributed by atoms with Crippen molar-refractivity contribution in [1.29, 1.82) is 0 Å². The van der Waals surface area contributed by atoms with Gasteiger partial charge in [0.2, 0.25) is 0 Å². The molecule has 35 heavy (non-hydrogen) atoms. The monoisotopic (exact) mass is 485 g/mol. The van der Waals surface area contributed by atoms with E-state index in [4.69, 9.17) is 9.47 Å². The molecule has 0 aliphatic carbocycles. The SMILES string of the molecule is COc1ccc([C@@H]2CN(C(=O)[C@@H](O)CO)C[C@@]2(C)[C@@H](C)O)cc1OC1CCN(c2ccncc2)C1. The lowest BCUT2D eigenvalue weighted by Gasteiger charge is -2.34. The van der Waals surface area contributed by atoms with Crippen molar-refractivity contribution in [1.82, 2.24) is 9.88 Å². The second kappa shape index (κ2) is 10.4. The fourth-order valence-corrected chi connectivity index (χ4v) is 5.18. The first-order chi connectivity index (χ1) is 16.8. The highest BCUT2D eigenvalue weighted by molar-refractivity contribution is 5.81. The summed E-state index contributed by atoms with van der Waals surface area (Å²) in [5.41, 5.74) is 1.39. The summed E-state index contributed by atoms with van der Waals surface area (Å²) < 4.78 is 12.0. The molecule has 3 N–H and O–H groups in total. The van der Waals surface area contributed by atoms with E-state index in [0.29, 0.717) is 18.0 Å². The number of carbonyl (C=O) groups excluding carboxylic acids is 1. The topological polar surface area (TPSA) is 116 Å². The van der Waals surface area contributed by atoms with Crippen LogP contribution in [0.3, 0.4) is 0 Å². The number of aromatic nitrogens is 1. The number of carbonyl (C=O) groups is 1. The van der Waals surface area contributed by atoms with Crippen LogP contribution in [0.15, 0.2) is 42.7 Å². The molecule has 1 unspecified atom stereocenters. The number of rotatable bonds is 8. The molecule has 2 aromatic rings. The van der Waals surface area contributed by atoms with Crippen molar-refractivity contribution in [2.45, 2.75) is 44.5 Å². The Morgan fingerprint density at radius 3 is 2.60 bits per heavy atom. The van der Waals surface area contributed by atoms with E-state index in [2.05, 4.69) is 9.88 Å². The van der Waals surface area contributed by atoms with Crippen LogP contribution in [0.25, 0.3) is 0 Å². The number of hydrogen-bond donors (Lipinski definition) is 3. The Kier molecular flexibility index (Phi) is 7.49. The number of aliphatic hydroxyl groups excluding tert-OH is 3. The minimum Gasteiger partial charge on any atom is -0.493 e. The predicted octanol–water partition coefficient (Wildman–Crippen LogP) is 1.41. The third-order valence-corrected chi connectivity index (χ3v) is 7.51. The summed E-state index contributed by atoms with van der Waals surface area (Å²) in [6.07, 6.45) is 2.25. The molecule has 2 aliphatic rings. The number of nitrogens with zero attached hydrogens (tertiary/aromatic N) is 3. The standard InChI is InChI=1S/C26H35N3O6/c1-17(31)26(2)16-29(25(33)22(32)15-30)14-21(26)18-4-5-23(34-3)24(12-18)35-20-8-11-28(13-20)19-6-9-27-10-7-19/h4-7,9-10,12,17,20-22,30-32H,8,11,13-16H2,1-3H3/t17-,20?,21+,22+,26+/m1/s1. The molecule has 3 heterocycles. The molecular formula is C26H35N3O6. The summed E-state index contributed by atoms with van der Waals surface area (Å²) in [6, 6.07) is 9.71. The van der Waals surface area contributed by atoms with E-state index in [0.717, 1.165) is 30.8 Å². The van der Waals surface area contributed by atoms with Crippen molar-refractivity contribution >= 4 is 11.6 Å². The maximum Gasteiger partial charge on any atom is 0.253 e. The van der Waals surface area contributed by atoms with Gasteiger partial charge in [-0.15, -0.1) is 0 Å². The summed E-state index contributed by atoms with van der Waals surface area (Å²) in [7, 11) is 1.60. The largest absolute Gasteiger partial charge is 0.493 e. The van der Waals surface area contributed by atoms with Gasteiger partial charge in [0.15, 0.2) is 17.6 Å². The highest BCUT2D eigenvalue weighted by Gasteiger charge is 2.49. The first-order valence-electron chi connectivity index (χ1n) is 12.0. The van der Waals surface area contributed by atoms with Gasteiger partial charge < -0.3 is 34.6 Å². The van der Waals surface area contributed by atoms with Gasteiger partial charge in [-0.25, -0.2) is 0 Å². The van der Waals surface area contributed by atoms with Crippen LogP contribution in [0.4, 0.5) is 5.69 Å². The van der Waals surface area contributed by atoms with Crippen LogP contribution in [0.2, 0.25) is 0 Å². The molecular weight excluding hydrogens is 450 g/mol. The zero-order chi connectivity index (χ0) is 25.2. The van der Waals surface area contributed by atoms with E-state index in [-0.39, 0.29) is 18.6 Å². The van der Waals surface area contributed by atoms with E-state index in [1.54, 1.807) is 26.4 Å². The molecule has 0 radical (unpaired) electrons. The number of aliphatic hydroxyl groups is 3. The van der Waals surface area contributed by atoms with Crippen LogP contribution >= 0.6 is 0 Å². The van der Waals surface area contributed by atoms with Crippen LogP contribution in [-0.2, 0) is 4.79 Å². The molecule has 9 heteroatoms. The number of methoxy groups -OCH3 is 1. The van der Waals surface area contributed by atoms with Gasteiger partial charge in [0.1, 0.15) is 6.10 Å². The molecule has 4 rings (SSSR count). The van der Waals surface area contributed by atoms with Crippen LogP contribution in [0.5, 0.6) is 11.5 Å². The lowest BCUT2D eigenvalue weighted by molar-refractivity contribution is -0.141. The fourth-order valence-electron chi connectivity index (χ4n) is 5.18. The summed E-state index contributed by atoms with van der Waals surface area (Å²) in [5.74, 6) is 0.521. The fraction of sp³-hybridized carbons (Fsp3) is 0.538. The quantitative estimate of drug-likeness (QED) is 0.514. The number of likely N-dealkylation sites (tertiary alicyclic amines) is 1. The van der Waals surface area contributed by atoms with Crippen molar-refractivity contribution in [3.05, 3.63) is 48.3 Å². The van der Waals surface area contributed by atoms with Crippen molar-refractivity contribution in [2.24, 2.45) is 5.41 Å². The Morgan fingerprint density at radius 1 is 1.20 bits per heavy atom. The van der Waals surface area contributed by atoms with Gasteiger partial charge >= 0.3 is 0 Å². The minimum atomic E-state index is -1.47. The van der Waals surface area contributed by atoms with E-state index in [1.165, 1.54) is 4.90 Å². The second-order valence-electron chi connectivity index (χ2n) is 9.74. The van der Waals surface area contributed by atoms with Crippen LogP contribution in [0, 0.1) is 5.41 Å². The first-order valence-corrected chi connectivity index (χ1v) is 12.0. The summed E-state index contributed by atoms with van der Waals surface area (Å²) in [5, 5.41) is 29.8. The summed E-state index contributed by atoms with van der Waals surface area (Å²) in [4.78, 5) is 20.5. The Bertz CT molecular complexity index is 1020. The van der Waals surface area contributed by atoms with Crippen molar-refractivity contribution in [2.75, 3.05) is 44.8 Å². The molecule has 9 nitrogen and oxygen atoms in total. The Balaban J connectivity index is 1.56. The highest BCUT2D eigenvalue weighted by atomic mass is 16.5. The van der Waals surface area contributed by atoms with Gasteiger partial charge in [0.25, 0.3) is 5.91 Å². The minimum absolute atomic E-state index is 0.0168. The van der Waals surface area contributed by atoms with Crippen LogP contribution in [-0.4, -0.2) is 89.3 Å². The average Bonchev–Trinajstić information content (AvgIpc) is 3.49. The molecule has 1 amide bonds. The van der Waals surface area contributed by atoms with Gasteiger partial charge in [0.05, 0.1) is 26.4 Å². The van der Waals surface area contributed by atoms with Gasteiger partial charge in [-0.2, -0.15) is 0 Å². The predicted molar refractivity (Wildman–Crippen MR) is 131 cm³/mol. The number of ether oxygens (including phenoxy) is 2. The molecule has 2 fully saturated rings. The van der Waals surface area contributed by atoms with Crippen molar-refractivity contribution in [3.8, 4) is 11.5 Å². The molecule has 1 aromatic carbocycles. The smallest absolute Gasteiger partial charge is 0.253 e. The molecule has 2 aliphatic heterocycles. The zero-order valence-corrected chi connectivity index (χ0v) is 20.5. The Morgan fingerprint density at radius 2 is 1.94 bits per heavy atom. The third-order valence-electron chi connectivity index (χ3n) is 7.51. The number of pyridine rings is 1.